The highest BCUT2D eigenvalue weighted by atomic mass is 35.5. The third kappa shape index (κ3) is 4.42. The van der Waals surface area contributed by atoms with Crippen LogP contribution in [0.3, 0.4) is 0 Å². The zero-order chi connectivity index (χ0) is 27.5. The lowest BCUT2D eigenvalue weighted by molar-refractivity contribution is -0.128. The van der Waals surface area contributed by atoms with Crippen LogP contribution in [-0.2, 0) is 16.8 Å². The minimum Gasteiger partial charge on any atom is -0.478 e. The van der Waals surface area contributed by atoms with Crippen LogP contribution in [0.5, 0.6) is 0 Å². The summed E-state index contributed by atoms with van der Waals surface area (Å²) in [5.41, 5.74) is 2.69. The molecule has 4 aliphatic carbocycles. The van der Waals surface area contributed by atoms with E-state index < -0.39 is 5.97 Å². The number of carboxylic acids is 1. The maximum absolute atomic E-state index is 11.4. The van der Waals surface area contributed by atoms with E-state index in [0.29, 0.717) is 51.1 Å². The predicted octanol–water partition coefficient (Wildman–Crippen LogP) is 7.84. The molecule has 0 aliphatic heterocycles. The van der Waals surface area contributed by atoms with Gasteiger partial charge in [0.2, 0.25) is 0 Å². The Kier molecular flexibility index (Phi) is 6.25. The second-order valence-corrected chi connectivity index (χ2v) is 12.1. The molecule has 0 radical (unpaired) electrons. The number of rotatable bonds is 8. The fourth-order valence-corrected chi connectivity index (χ4v) is 6.89. The molecule has 40 heavy (non-hydrogen) atoms. The summed E-state index contributed by atoms with van der Waals surface area (Å²) >= 11 is 13.1. The van der Waals surface area contributed by atoms with Gasteiger partial charge in [-0.3, -0.25) is 0 Å². The second kappa shape index (κ2) is 9.72. The van der Waals surface area contributed by atoms with Gasteiger partial charge in [0.25, 0.3) is 5.89 Å². The van der Waals surface area contributed by atoms with Crippen LogP contribution in [0.25, 0.3) is 22.7 Å². The molecule has 4 fully saturated rings. The lowest BCUT2D eigenvalue weighted by Crippen LogP contribution is -2.50. The van der Waals surface area contributed by atoms with Crippen LogP contribution < -0.4 is 0 Å². The number of aromatic nitrogens is 3. The van der Waals surface area contributed by atoms with E-state index in [1.54, 1.807) is 24.3 Å². The van der Waals surface area contributed by atoms with Gasteiger partial charge < -0.3 is 18.9 Å². The van der Waals surface area contributed by atoms with Crippen LogP contribution in [0.15, 0.2) is 51.5 Å². The van der Waals surface area contributed by atoms with Crippen LogP contribution >= 0.6 is 23.2 Å². The number of hydrogen-bond donors (Lipinski definition) is 1. The molecule has 2 aromatic heterocycles. The SMILES string of the molecule is O=C(O)c1cccc(-c2nc(C34CCC(OCc5c(-c6c(Cl)cccc6Cl)noc5C5CC5)(CC3)CC4)no2)c1. The predicted molar refractivity (Wildman–Crippen MR) is 148 cm³/mol. The first-order chi connectivity index (χ1) is 19.4. The Balaban J connectivity index is 1.09. The van der Waals surface area contributed by atoms with Gasteiger partial charge in [0.1, 0.15) is 11.5 Å². The molecule has 8 rings (SSSR count). The molecule has 8 nitrogen and oxygen atoms in total. The highest BCUT2D eigenvalue weighted by molar-refractivity contribution is 6.39. The van der Waals surface area contributed by atoms with Gasteiger partial charge in [-0.25, -0.2) is 4.79 Å². The number of aromatic carboxylic acids is 1. The van der Waals surface area contributed by atoms with Crippen molar-refractivity contribution in [3.05, 3.63) is 75.2 Å². The van der Waals surface area contributed by atoms with Gasteiger partial charge in [0, 0.05) is 28.0 Å². The van der Waals surface area contributed by atoms with Crippen molar-refractivity contribution in [2.75, 3.05) is 0 Å². The Morgan fingerprint density at radius 2 is 1.68 bits per heavy atom. The fourth-order valence-electron chi connectivity index (χ4n) is 6.32. The van der Waals surface area contributed by atoms with E-state index >= 15 is 0 Å². The average molecular weight is 580 g/mol. The molecule has 0 spiro atoms. The first-order valence-electron chi connectivity index (χ1n) is 13.6. The number of halogens is 2. The van der Waals surface area contributed by atoms with Crippen molar-refractivity contribution in [3.8, 4) is 22.7 Å². The molecule has 1 N–H and O–H groups in total. The summed E-state index contributed by atoms with van der Waals surface area (Å²) in [6.07, 6.45) is 7.50. The molecule has 0 atom stereocenters. The maximum atomic E-state index is 11.4. The van der Waals surface area contributed by atoms with Crippen molar-refractivity contribution in [3.63, 3.8) is 0 Å². The minimum atomic E-state index is -0.992. The van der Waals surface area contributed by atoms with E-state index in [4.69, 9.17) is 42.0 Å². The number of fused-ring (bicyclic) bond motifs is 3. The van der Waals surface area contributed by atoms with Crippen molar-refractivity contribution in [2.45, 2.75) is 74.9 Å². The average Bonchev–Trinajstić information content (AvgIpc) is 3.53. The molecular weight excluding hydrogens is 553 g/mol. The highest BCUT2D eigenvalue weighted by Crippen LogP contribution is 2.55. The van der Waals surface area contributed by atoms with Crippen molar-refractivity contribution in [1.29, 1.82) is 0 Å². The van der Waals surface area contributed by atoms with Gasteiger partial charge in [-0.1, -0.05) is 45.6 Å². The number of nitrogens with zero attached hydrogens (tertiary/aromatic N) is 3. The van der Waals surface area contributed by atoms with E-state index in [1.165, 1.54) is 0 Å². The van der Waals surface area contributed by atoms with Crippen molar-refractivity contribution < 1.29 is 23.7 Å². The molecule has 4 saturated carbocycles. The lowest BCUT2D eigenvalue weighted by atomic mass is 9.58. The first kappa shape index (κ1) is 25.7. The number of ether oxygens (including phenoxy) is 1. The zero-order valence-electron chi connectivity index (χ0n) is 21.7. The summed E-state index contributed by atoms with van der Waals surface area (Å²) < 4.78 is 18.2. The molecule has 0 amide bonds. The standard InChI is InChI=1S/C30H27Cl2N3O5/c31-21-5-2-6-22(32)23(21)24-20(25(39-34-24)17-7-8-17)16-38-30-12-9-29(10-13-30,11-14-30)28-33-26(40-35-28)18-3-1-4-19(15-18)27(36)37/h1-6,15,17H,7-14,16H2,(H,36,37). The lowest BCUT2D eigenvalue weighted by Gasteiger charge is -2.51. The van der Waals surface area contributed by atoms with Crippen LogP contribution in [-0.4, -0.2) is 32.0 Å². The van der Waals surface area contributed by atoms with Crippen LogP contribution in [0.2, 0.25) is 10.0 Å². The Labute approximate surface area is 240 Å². The normalized spacial score (nSPS) is 23.9. The topological polar surface area (TPSA) is 111 Å². The number of carboxylic acid groups (broad SMARTS) is 1. The summed E-state index contributed by atoms with van der Waals surface area (Å²) in [6, 6.07) is 12.0. The van der Waals surface area contributed by atoms with Gasteiger partial charge in [0.05, 0.1) is 27.8 Å². The van der Waals surface area contributed by atoms with Gasteiger partial charge in [-0.2, -0.15) is 4.98 Å². The summed E-state index contributed by atoms with van der Waals surface area (Å²) in [7, 11) is 0. The Morgan fingerprint density at radius 1 is 0.975 bits per heavy atom. The number of carbonyl (C=O) groups is 1. The third-order valence-electron chi connectivity index (χ3n) is 8.92. The monoisotopic (exact) mass is 579 g/mol. The maximum Gasteiger partial charge on any atom is 0.335 e. The zero-order valence-corrected chi connectivity index (χ0v) is 23.2. The highest BCUT2D eigenvalue weighted by Gasteiger charge is 2.52. The van der Waals surface area contributed by atoms with E-state index in [-0.39, 0.29) is 16.6 Å². The largest absolute Gasteiger partial charge is 0.478 e. The summed E-state index contributed by atoms with van der Waals surface area (Å²) in [4.78, 5) is 16.1. The molecule has 2 aromatic carbocycles. The molecule has 0 unspecified atom stereocenters. The summed E-state index contributed by atoms with van der Waals surface area (Å²) in [5, 5.41) is 19.1. The summed E-state index contributed by atoms with van der Waals surface area (Å²) in [5.74, 6) is 1.30. The first-order valence-corrected chi connectivity index (χ1v) is 14.4. The Morgan fingerprint density at radius 3 is 2.35 bits per heavy atom. The molecule has 10 heteroatoms. The molecule has 4 aromatic rings. The number of hydrogen-bond acceptors (Lipinski definition) is 7. The molecule has 4 aliphatic rings. The van der Waals surface area contributed by atoms with E-state index in [0.717, 1.165) is 62.7 Å². The van der Waals surface area contributed by atoms with E-state index in [9.17, 15) is 9.90 Å². The quantitative estimate of drug-likeness (QED) is 0.224. The van der Waals surface area contributed by atoms with E-state index in [2.05, 4.69) is 10.3 Å². The molecule has 2 bridgehead atoms. The van der Waals surface area contributed by atoms with Crippen LogP contribution in [0, 0.1) is 0 Å². The fraction of sp³-hybridized carbons (Fsp3) is 0.400. The molecule has 206 valence electrons. The van der Waals surface area contributed by atoms with Crippen molar-refractivity contribution in [2.24, 2.45) is 0 Å². The number of benzene rings is 2. The Bertz CT molecular complexity index is 1560. The minimum absolute atomic E-state index is 0.163. The summed E-state index contributed by atoms with van der Waals surface area (Å²) in [6.45, 7) is 0.394. The van der Waals surface area contributed by atoms with Crippen LogP contribution in [0.1, 0.15) is 84.8 Å². The smallest absolute Gasteiger partial charge is 0.335 e. The van der Waals surface area contributed by atoms with Gasteiger partial charge >= 0.3 is 5.97 Å². The Hall–Kier alpha value is -3.20. The van der Waals surface area contributed by atoms with Gasteiger partial charge in [-0.05, 0) is 81.7 Å². The van der Waals surface area contributed by atoms with Crippen molar-refractivity contribution >= 4 is 29.2 Å². The molecule has 0 saturated heterocycles. The molecular formula is C30H27Cl2N3O5. The van der Waals surface area contributed by atoms with Crippen molar-refractivity contribution in [1.82, 2.24) is 15.3 Å². The van der Waals surface area contributed by atoms with Gasteiger partial charge in [-0.15, -0.1) is 0 Å². The second-order valence-electron chi connectivity index (χ2n) is 11.3. The molecule has 2 heterocycles. The van der Waals surface area contributed by atoms with Gasteiger partial charge in [0.15, 0.2) is 5.82 Å². The van der Waals surface area contributed by atoms with Crippen LogP contribution in [0.4, 0.5) is 0 Å². The third-order valence-corrected chi connectivity index (χ3v) is 9.55. The van der Waals surface area contributed by atoms with E-state index in [1.807, 2.05) is 18.2 Å².